The number of hydrazone groups is 1. The van der Waals surface area contributed by atoms with Crippen LogP contribution < -0.4 is 0 Å². The average Bonchev–Trinajstić information content (AvgIpc) is 2.98. The van der Waals surface area contributed by atoms with Gasteiger partial charge in [-0.25, -0.2) is 0 Å². The molecule has 1 aromatic carbocycles. The third kappa shape index (κ3) is 4.27. The molecule has 0 radical (unpaired) electrons. The fourth-order valence-corrected chi connectivity index (χ4v) is 4.28. The van der Waals surface area contributed by atoms with Gasteiger partial charge in [0, 0.05) is 20.1 Å². The Morgan fingerprint density at radius 2 is 1.96 bits per heavy atom. The lowest BCUT2D eigenvalue weighted by Crippen LogP contribution is -2.59. The van der Waals surface area contributed by atoms with Gasteiger partial charge in [0.1, 0.15) is 11.7 Å². The molecule has 2 fully saturated rings. The van der Waals surface area contributed by atoms with E-state index in [1.54, 1.807) is 7.11 Å². The SMILES string of the molecule is COC[C@H]1CCCN1N=C1[C@@H](C)OC(C)(C)O[C@]1(C)Cc1ccccc1. The van der Waals surface area contributed by atoms with Crippen molar-refractivity contribution in [1.29, 1.82) is 0 Å². The Labute approximate surface area is 157 Å². The number of nitrogens with zero attached hydrogens (tertiary/aromatic N) is 2. The van der Waals surface area contributed by atoms with Crippen molar-refractivity contribution in [3.8, 4) is 0 Å². The molecule has 0 saturated carbocycles. The van der Waals surface area contributed by atoms with E-state index in [4.69, 9.17) is 19.3 Å². The zero-order chi connectivity index (χ0) is 18.8. The molecule has 26 heavy (non-hydrogen) atoms. The molecular weight excluding hydrogens is 328 g/mol. The molecule has 2 heterocycles. The lowest BCUT2D eigenvalue weighted by Gasteiger charge is -2.47. The number of methoxy groups -OCH3 is 1. The van der Waals surface area contributed by atoms with E-state index < -0.39 is 11.4 Å². The highest BCUT2D eigenvalue weighted by atomic mass is 16.7. The molecule has 0 amide bonds. The predicted octanol–water partition coefficient (Wildman–Crippen LogP) is 3.63. The molecule has 0 spiro atoms. The largest absolute Gasteiger partial charge is 0.382 e. The van der Waals surface area contributed by atoms with Crippen molar-refractivity contribution in [2.45, 2.75) is 70.5 Å². The molecule has 2 aliphatic heterocycles. The van der Waals surface area contributed by atoms with Crippen LogP contribution >= 0.6 is 0 Å². The monoisotopic (exact) mass is 360 g/mol. The van der Waals surface area contributed by atoms with Crippen LogP contribution in [0.1, 0.15) is 46.1 Å². The van der Waals surface area contributed by atoms with Crippen LogP contribution in [0.4, 0.5) is 0 Å². The van der Waals surface area contributed by atoms with E-state index >= 15 is 0 Å². The Bertz CT molecular complexity index is 631. The molecule has 0 aliphatic carbocycles. The number of hydrogen-bond acceptors (Lipinski definition) is 5. The summed E-state index contributed by atoms with van der Waals surface area (Å²) in [7, 11) is 1.75. The van der Waals surface area contributed by atoms with E-state index in [0.29, 0.717) is 12.6 Å². The van der Waals surface area contributed by atoms with Gasteiger partial charge < -0.3 is 14.2 Å². The first-order valence-corrected chi connectivity index (χ1v) is 9.59. The third-order valence-corrected chi connectivity index (χ3v) is 5.18. The fourth-order valence-electron chi connectivity index (χ4n) is 4.28. The summed E-state index contributed by atoms with van der Waals surface area (Å²) < 4.78 is 17.9. The zero-order valence-corrected chi connectivity index (χ0v) is 16.7. The molecular formula is C21H32N2O3. The number of hydrogen-bond donors (Lipinski definition) is 0. The highest BCUT2D eigenvalue weighted by Gasteiger charge is 2.47. The van der Waals surface area contributed by atoms with Gasteiger partial charge in [0.2, 0.25) is 0 Å². The molecule has 0 aromatic heterocycles. The topological polar surface area (TPSA) is 43.3 Å². The van der Waals surface area contributed by atoms with Crippen LogP contribution in [0.2, 0.25) is 0 Å². The van der Waals surface area contributed by atoms with Crippen molar-refractivity contribution in [2.75, 3.05) is 20.3 Å². The summed E-state index contributed by atoms with van der Waals surface area (Å²) in [5.74, 6) is -0.640. The smallest absolute Gasteiger partial charge is 0.164 e. The molecule has 2 aliphatic rings. The number of rotatable bonds is 5. The van der Waals surface area contributed by atoms with Crippen molar-refractivity contribution in [3.05, 3.63) is 35.9 Å². The van der Waals surface area contributed by atoms with Gasteiger partial charge in [0.25, 0.3) is 0 Å². The lowest BCUT2D eigenvalue weighted by molar-refractivity contribution is -0.279. The summed E-state index contributed by atoms with van der Waals surface area (Å²) in [5, 5.41) is 7.22. The molecule has 3 atom stereocenters. The lowest BCUT2D eigenvalue weighted by atomic mass is 9.87. The van der Waals surface area contributed by atoms with Crippen LogP contribution in [0, 0.1) is 0 Å². The Kier molecular flexibility index (Phi) is 5.70. The van der Waals surface area contributed by atoms with Crippen LogP contribution in [0.5, 0.6) is 0 Å². The predicted molar refractivity (Wildman–Crippen MR) is 103 cm³/mol. The van der Waals surface area contributed by atoms with E-state index in [0.717, 1.165) is 31.5 Å². The van der Waals surface area contributed by atoms with E-state index in [1.807, 2.05) is 19.9 Å². The van der Waals surface area contributed by atoms with E-state index in [9.17, 15) is 0 Å². The average molecular weight is 360 g/mol. The molecule has 1 aromatic rings. The van der Waals surface area contributed by atoms with Gasteiger partial charge in [-0.1, -0.05) is 30.3 Å². The van der Waals surface area contributed by atoms with Gasteiger partial charge in [0.05, 0.1) is 18.4 Å². The van der Waals surface area contributed by atoms with Crippen LogP contribution in [0.3, 0.4) is 0 Å². The van der Waals surface area contributed by atoms with Gasteiger partial charge in [0.15, 0.2) is 5.79 Å². The normalized spacial score (nSPS) is 33.0. The summed E-state index contributed by atoms with van der Waals surface area (Å²) >= 11 is 0. The van der Waals surface area contributed by atoms with Gasteiger partial charge in [-0.3, -0.25) is 5.01 Å². The minimum Gasteiger partial charge on any atom is -0.382 e. The first-order chi connectivity index (χ1) is 12.3. The maximum absolute atomic E-state index is 6.44. The van der Waals surface area contributed by atoms with E-state index in [1.165, 1.54) is 5.56 Å². The van der Waals surface area contributed by atoms with Gasteiger partial charge in [-0.15, -0.1) is 0 Å². The maximum Gasteiger partial charge on any atom is 0.164 e. The summed E-state index contributed by atoms with van der Waals surface area (Å²) in [5.41, 5.74) is 1.69. The first-order valence-electron chi connectivity index (χ1n) is 9.59. The molecule has 2 saturated heterocycles. The molecule has 5 heteroatoms. The molecule has 3 rings (SSSR count). The first kappa shape index (κ1) is 19.3. The third-order valence-electron chi connectivity index (χ3n) is 5.18. The quantitative estimate of drug-likeness (QED) is 0.804. The van der Waals surface area contributed by atoms with Crippen molar-refractivity contribution < 1.29 is 14.2 Å². The molecule has 0 N–H and O–H groups in total. The van der Waals surface area contributed by atoms with Crippen molar-refractivity contribution in [3.63, 3.8) is 0 Å². The van der Waals surface area contributed by atoms with Crippen molar-refractivity contribution in [2.24, 2.45) is 5.10 Å². The Balaban J connectivity index is 1.92. The summed E-state index contributed by atoms with van der Waals surface area (Å²) in [6, 6.07) is 10.8. The summed E-state index contributed by atoms with van der Waals surface area (Å²) in [6.07, 6.45) is 2.92. The fraction of sp³-hybridized carbons (Fsp3) is 0.667. The number of benzene rings is 1. The van der Waals surface area contributed by atoms with Crippen LogP contribution in [0.15, 0.2) is 35.4 Å². The Morgan fingerprint density at radius 3 is 2.65 bits per heavy atom. The second kappa shape index (κ2) is 7.67. The van der Waals surface area contributed by atoms with E-state index in [2.05, 4.69) is 43.1 Å². The van der Waals surface area contributed by atoms with Gasteiger partial charge in [-0.2, -0.15) is 5.10 Å². The number of ether oxygens (including phenoxy) is 3. The van der Waals surface area contributed by atoms with Crippen LogP contribution in [0.25, 0.3) is 0 Å². The van der Waals surface area contributed by atoms with Crippen molar-refractivity contribution >= 4 is 5.71 Å². The molecule has 0 unspecified atom stereocenters. The minimum atomic E-state index is -0.640. The Morgan fingerprint density at radius 1 is 1.23 bits per heavy atom. The highest BCUT2D eigenvalue weighted by Crippen LogP contribution is 2.35. The van der Waals surface area contributed by atoms with Crippen molar-refractivity contribution in [1.82, 2.24) is 5.01 Å². The maximum atomic E-state index is 6.44. The van der Waals surface area contributed by atoms with E-state index in [-0.39, 0.29) is 6.10 Å². The zero-order valence-electron chi connectivity index (χ0n) is 16.7. The van der Waals surface area contributed by atoms with Crippen LogP contribution in [-0.2, 0) is 20.6 Å². The molecule has 0 bridgehead atoms. The summed E-state index contributed by atoms with van der Waals surface area (Å²) in [6.45, 7) is 9.83. The second-order valence-electron chi connectivity index (χ2n) is 8.05. The molecule has 144 valence electrons. The van der Waals surface area contributed by atoms with Crippen LogP contribution in [-0.4, -0.2) is 54.5 Å². The highest BCUT2D eigenvalue weighted by molar-refractivity contribution is 5.96. The standard InChI is InChI=1S/C21H32N2O3/c1-16-19(22-23-13-9-12-18(23)15-24-5)21(4,26-20(2,3)25-16)14-17-10-7-6-8-11-17/h6-8,10-11,16,18H,9,12-15H2,1-5H3/t16-,18-,21-/m1/s1. The minimum absolute atomic E-state index is 0.101. The summed E-state index contributed by atoms with van der Waals surface area (Å²) in [4.78, 5) is 0. The molecule has 5 nitrogen and oxygen atoms in total. The van der Waals surface area contributed by atoms with Gasteiger partial charge in [-0.05, 0) is 46.1 Å². The second-order valence-corrected chi connectivity index (χ2v) is 8.05. The van der Waals surface area contributed by atoms with Gasteiger partial charge >= 0.3 is 0 Å². The Hall–Kier alpha value is -1.43.